The molecule has 2 heterocycles. The van der Waals surface area contributed by atoms with Crippen LogP contribution in [0.3, 0.4) is 0 Å². The number of fused-ring (bicyclic) bond motifs is 1. The zero-order chi connectivity index (χ0) is 14.8. The SMILES string of the molecule is CC(C)NCc1ccc(N2CCc3sccc3C2)c(Br)c1. The number of halogens is 1. The van der Waals surface area contributed by atoms with Crippen LogP contribution in [-0.2, 0) is 19.5 Å². The maximum Gasteiger partial charge on any atom is 0.0513 e. The van der Waals surface area contributed by atoms with Crippen LogP contribution in [0.2, 0.25) is 0 Å². The molecule has 0 bridgehead atoms. The summed E-state index contributed by atoms with van der Waals surface area (Å²) < 4.78 is 1.20. The average molecular weight is 365 g/mol. The molecule has 0 saturated carbocycles. The molecular formula is C17H21BrN2S. The minimum Gasteiger partial charge on any atom is -0.366 e. The van der Waals surface area contributed by atoms with Crippen molar-refractivity contribution >= 4 is 33.0 Å². The summed E-state index contributed by atoms with van der Waals surface area (Å²) in [5.41, 5.74) is 4.12. The molecule has 0 amide bonds. The second kappa shape index (κ2) is 6.51. The molecular weight excluding hydrogens is 344 g/mol. The fraction of sp³-hybridized carbons (Fsp3) is 0.412. The Morgan fingerprint density at radius 2 is 2.19 bits per heavy atom. The van der Waals surface area contributed by atoms with Gasteiger partial charge >= 0.3 is 0 Å². The highest BCUT2D eigenvalue weighted by Crippen LogP contribution is 2.32. The summed E-state index contributed by atoms with van der Waals surface area (Å²) in [6.45, 7) is 7.41. The fourth-order valence-corrected chi connectivity index (χ4v) is 4.26. The van der Waals surface area contributed by atoms with Gasteiger partial charge in [0.25, 0.3) is 0 Å². The van der Waals surface area contributed by atoms with Crippen LogP contribution in [0.1, 0.15) is 29.9 Å². The van der Waals surface area contributed by atoms with Gasteiger partial charge in [0.1, 0.15) is 0 Å². The second-order valence-electron chi connectivity index (χ2n) is 5.86. The van der Waals surface area contributed by atoms with Crippen LogP contribution in [0, 0.1) is 0 Å². The Hall–Kier alpha value is -0.840. The Kier molecular flexibility index (Phi) is 4.67. The van der Waals surface area contributed by atoms with E-state index in [0.29, 0.717) is 6.04 Å². The molecule has 0 atom stereocenters. The zero-order valence-corrected chi connectivity index (χ0v) is 14.9. The van der Waals surface area contributed by atoms with Crippen LogP contribution in [0.4, 0.5) is 5.69 Å². The molecule has 1 N–H and O–H groups in total. The molecule has 0 saturated heterocycles. The number of nitrogens with zero attached hydrogens (tertiary/aromatic N) is 1. The van der Waals surface area contributed by atoms with E-state index in [4.69, 9.17) is 0 Å². The fourth-order valence-electron chi connectivity index (χ4n) is 2.69. The van der Waals surface area contributed by atoms with Gasteiger partial charge in [-0.2, -0.15) is 0 Å². The van der Waals surface area contributed by atoms with Crippen LogP contribution >= 0.6 is 27.3 Å². The number of rotatable bonds is 4. The lowest BCUT2D eigenvalue weighted by Gasteiger charge is -2.30. The highest BCUT2D eigenvalue weighted by atomic mass is 79.9. The Bertz CT molecular complexity index is 621. The highest BCUT2D eigenvalue weighted by Gasteiger charge is 2.19. The largest absolute Gasteiger partial charge is 0.366 e. The lowest BCUT2D eigenvalue weighted by molar-refractivity contribution is 0.588. The monoisotopic (exact) mass is 364 g/mol. The summed E-state index contributed by atoms with van der Waals surface area (Å²) in [5.74, 6) is 0. The first-order chi connectivity index (χ1) is 10.1. The van der Waals surface area contributed by atoms with Crippen LogP contribution in [-0.4, -0.2) is 12.6 Å². The first kappa shape index (κ1) is 15.1. The van der Waals surface area contributed by atoms with Gasteiger partial charge in [0.2, 0.25) is 0 Å². The van der Waals surface area contributed by atoms with Gasteiger partial charge in [-0.3, -0.25) is 0 Å². The zero-order valence-electron chi connectivity index (χ0n) is 12.5. The number of hydrogen-bond donors (Lipinski definition) is 1. The van der Waals surface area contributed by atoms with E-state index in [0.717, 1.165) is 26.1 Å². The number of anilines is 1. The number of nitrogens with one attached hydrogen (secondary N) is 1. The minimum absolute atomic E-state index is 0.516. The predicted octanol–water partition coefficient (Wildman–Crippen LogP) is 4.57. The molecule has 4 heteroatoms. The van der Waals surface area contributed by atoms with E-state index < -0.39 is 0 Å². The first-order valence-electron chi connectivity index (χ1n) is 7.45. The smallest absolute Gasteiger partial charge is 0.0513 e. The topological polar surface area (TPSA) is 15.3 Å². The standard InChI is InChI=1S/C17H21BrN2S/c1-12(2)19-10-13-3-4-16(15(18)9-13)20-7-5-17-14(11-20)6-8-21-17/h3-4,6,8-9,12,19H,5,7,10-11H2,1-2H3. The Morgan fingerprint density at radius 1 is 1.33 bits per heavy atom. The summed E-state index contributed by atoms with van der Waals surface area (Å²) in [7, 11) is 0. The van der Waals surface area contributed by atoms with E-state index in [1.54, 1.807) is 4.88 Å². The van der Waals surface area contributed by atoms with Crippen molar-refractivity contribution in [3.8, 4) is 0 Å². The molecule has 1 aromatic carbocycles. The van der Waals surface area contributed by atoms with Crippen molar-refractivity contribution in [1.29, 1.82) is 0 Å². The van der Waals surface area contributed by atoms with Crippen LogP contribution < -0.4 is 10.2 Å². The van der Waals surface area contributed by atoms with E-state index in [1.807, 2.05) is 11.3 Å². The van der Waals surface area contributed by atoms with Gasteiger partial charge in [0.15, 0.2) is 0 Å². The van der Waals surface area contributed by atoms with E-state index in [1.165, 1.54) is 21.3 Å². The van der Waals surface area contributed by atoms with E-state index in [9.17, 15) is 0 Å². The molecule has 3 rings (SSSR count). The summed E-state index contributed by atoms with van der Waals surface area (Å²) in [4.78, 5) is 4.03. The maximum absolute atomic E-state index is 3.75. The van der Waals surface area contributed by atoms with Crippen molar-refractivity contribution in [2.24, 2.45) is 0 Å². The summed E-state index contributed by atoms with van der Waals surface area (Å²) in [6, 6.07) is 9.51. The van der Waals surface area contributed by atoms with Gasteiger partial charge in [-0.15, -0.1) is 11.3 Å². The van der Waals surface area contributed by atoms with Gasteiger partial charge < -0.3 is 10.2 Å². The average Bonchev–Trinajstić information content (AvgIpc) is 2.92. The molecule has 1 aliphatic rings. The molecule has 0 unspecified atom stereocenters. The van der Waals surface area contributed by atoms with Crippen molar-refractivity contribution in [3.63, 3.8) is 0 Å². The van der Waals surface area contributed by atoms with Crippen molar-refractivity contribution in [2.75, 3.05) is 11.4 Å². The molecule has 112 valence electrons. The third-order valence-corrected chi connectivity index (χ3v) is 5.53. The predicted molar refractivity (Wildman–Crippen MR) is 95.2 cm³/mol. The molecule has 1 aromatic heterocycles. The maximum atomic E-state index is 3.75. The summed E-state index contributed by atoms with van der Waals surface area (Å²) >= 11 is 5.65. The number of benzene rings is 1. The van der Waals surface area contributed by atoms with E-state index in [-0.39, 0.29) is 0 Å². The molecule has 0 radical (unpaired) electrons. The number of hydrogen-bond acceptors (Lipinski definition) is 3. The molecule has 0 spiro atoms. The first-order valence-corrected chi connectivity index (χ1v) is 9.13. The van der Waals surface area contributed by atoms with Crippen molar-refractivity contribution in [1.82, 2.24) is 5.32 Å². The molecule has 0 aliphatic carbocycles. The molecule has 1 aliphatic heterocycles. The van der Waals surface area contributed by atoms with Crippen LogP contribution in [0.5, 0.6) is 0 Å². The van der Waals surface area contributed by atoms with E-state index in [2.05, 4.69) is 69.6 Å². The van der Waals surface area contributed by atoms with E-state index >= 15 is 0 Å². The van der Waals surface area contributed by atoms with Gasteiger partial charge in [-0.25, -0.2) is 0 Å². The third-order valence-electron chi connectivity index (χ3n) is 3.87. The molecule has 2 nitrogen and oxygen atoms in total. The Labute approximate surface area is 139 Å². The van der Waals surface area contributed by atoms with Crippen molar-refractivity contribution < 1.29 is 0 Å². The normalized spacial score (nSPS) is 14.6. The second-order valence-corrected chi connectivity index (χ2v) is 7.72. The lowest BCUT2D eigenvalue weighted by Crippen LogP contribution is -2.29. The molecule has 21 heavy (non-hydrogen) atoms. The van der Waals surface area contributed by atoms with Crippen molar-refractivity contribution in [3.05, 3.63) is 50.1 Å². The minimum atomic E-state index is 0.516. The Morgan fingerprint density at radius 3 is 2.95 bits per heavy atom. The third kappa shape index (κ3) is 3.50. The van der Waals surface area contributed by atoms with Crippen LogP contribution in [0.25, 0.3) is 0 Å². The Balaban J connectivity index is 1.74. The molecule has 2 aromatic rings. The lowest BCUT2D eigenvalue weighted by atomic mass is 10.1. The number of thiophene rings is 1. The van der Waals surface area contributed by atoms with Crippen LogP contribution in [0.15, 0.2) is 34.1 Å². The van der Waals surface area contributed by atoms with Gasteiger partial charge in [0.05, 0.1) is 5.69 Å². The molecule has 0 fully saturated rings. The summed E-state index contributed by atoms with van der Waals surface area (Å²) in [6.07, 6.45) is 1.16. The van der Waals surface area contributed by atoms with Gasteiger partial charge in [0, 0.05) is 35.0 Å². The van der Waals surface area contributed by atoms with Crippen molar-refractivity contribution in [2.45, 2.75) is 39.4 Å². The summed E-state index contributed by atoms with van der Waals surface area (Å²) in [5, 5.41) is 5.68. The highest BCUT2D eigenvalue weighted by molar-refractivity contribution is 9.10. The van der Waals surface area contributed by atoms with Gasteiger partial charge in [-0.05, 0) is 57.1 Å². The quantitative estimate of drug-likeness (QED) is 0.854. The van der Waals surface area contributed by atoms with Gasteiger partial charge in [-0.1, -0.05) is 19.9 Å².